The lowest BCUT2D eigenvalue weighted by Gasteiger charge is -2.07. The van der Waals surface area contributed by atoms with Crippen LogP contribution in [0.3, 0.4) is 0 Å². The molecule has 7 nitrogen and oxygen atoms in total. The zero-order valence-electron chi connectivity index (χ0n) is 15.2. The number of benzene rings is 2. The van der Waals surface area contributed by atoms with Crippen molar-refractivity contribution in [2.75, 3.05) is 19.0 Å². The fourth-order valence-electron chi connectivity index (χ4n) is 2.63. The molecule has 7 heteroatoms. The van der Waals surface area contributed by atoms with Gasteiger partial charge in [0, 0.05) is 5.69 Å². The third kappa shape index (κ3) is 4.44. The molecule has 2 aromatic carbocycles. The van der Waals surface area contributed by atoms with E-state index in [1.54, 1.807) is 13.0 Å². The van der Waals surface area contributed by atoms with Gasteiger partial charge in [0.05, 0.1) is 25.7 Å². The number of carbonyl (C=O) groups excluding carboxylic acids is 2. The summed E-state index contributed by atoms with van der Waals surface area (Å²) >= 11 is 0. The summed E-state index contributed by atoms with van der Waals surface area (Å²) in [4.78, 5) is 31.3. The topological polar surface area (TPSA) is 93.3 Å². The van der Waals surface area contributed by atoms with Gasteiger partial charge in [0.25, 0.3) is 0 Å². The molecule has 140 valence electrons. The predicted molar refractivity (Wildman–Crippen MR) is 102 cm³/mol. The molecular weight excluding hydrogens is 346 g/mol. The average molecular weight is 367 g/mol. The van der Waals surface area contributed by atoms with Gasteiger partial charge < -0.3 is 19.8 Å². The Bertz CT molecular complexity index is 937. The number of amides is 1. The summed E-state index contributed by atoms with van der Waals surface area (Å²) < 4.78 is 10.5. The zero-order valence-corrected chi connectivity index (χ0v) is 15.2. The maximum absolute atomic E-state index is 12.0. The van der Waals surface area contributed by atoms with Crippen LogP contribution in [0.4, 0.5) is 5.69 Å². The SMILES string of the molecule is COC(=O)C(C)c1nc2c(OCCC(=O)Nc3ccccc3)cccc2[nH]1. The van der Waals surface area contributed by atoms with E-state index < -0.39 is 5.92 Å². The molecule has 27 heavy (non-hydrogen) atoms. The van der Waals surface area contributed by atoms with Crippen LogP contribution in [0.25, 0.3) is 11.0 Å². The highest BCUT2D eigenvalue weighted by Crippen LogP contribution is 2.26. The molecule has 0 aliphatic rings. The zero-order chi connectivity index (χ0) is 19.2. The summed E-state index contributed by atoms with van der Waals surface area (Å²) in [6.07, 6.45) is 0.209. The fourth-order valence-corrected chi connectivity index (χ4v) is 2.63. The van der Waals surface area contributed by atoms with Crippen molar-refractivity contribution in [1.82, 2.24) is 9.97 Å². The molecule has 3 aromatic rings. The van der Waals surface area contributed by atoms with Crippen LogP contribution in [0.1, 0.15) is 25.1 Å². The molecule has 1 unspecified atom stereocenters. The predicted octanol–water partition coefficient (Wildman–Crippen LogP) is 3.25. The van der Waals surface area contributed by atoms with Crippen molar-refractivity contribution in [3.8, 4) is 5.75 Å². The van der Waals surface area contributed by atoms with Crippen LogP contribution in [0.15, 0.2) is 48.5 Å². The number of hydrogen-bond acceptors (Lipinski definition) is 5. The molecule has 0 bridgehead atoms. The number of esters is 1. The maximum atomic E-state index is 12.0. The van der Waals surface area contributed by atoms with Crippen LogP contribution in [0.5, 0.6) is 5.75 Å². The minimum absolute atomic E-state index is 0.129. The summed E-state index contributed by atoms with van der Waals surface area (Å²) in [5.41, 5.74) is 2.12. The number of imidazole rings is 1. The van der Waals surface area contributed by atoms with Crippen molar-refractivity contribution in [3.05, 3.63) is 54.4 Å². The molecule has 1 atom stereocenters. The van der Waals surface area contributed by atoms with E-state index in [-0.39, 0.29) is 24.9 Å². The number of nitrogens with zero attached hydrogens (tertiary/aromatic N) is 1. The number of para-hydroxylation sites is 2. The number of nitrogens with one attached hydrogen (secondary N) is 2. The van der Waals surface area contributed by atoms with E-state index in [2.05, 4.69) is 15.3 Å². The van der Waals surface area contributed by atoms with Crippen molar-refractivity contribution in [1.29, 1.82) is 0 Å². The van der Waals surface area contributed by atoms with Crippen LogP contribution in [0.2, 0.25) is 0 Å². The first-order valence-corrected chi connectivity index (χ1v) is 8.62. The van der Waals surface area contributed by atoms with Gasteiger partial charge in [0.2, 0.25) is 5.91 Å². The van der Waals surface area contributed by atoms with Crippen molar-refractivity contribution < 1.29 is 19.1 Å². The lowest BCUT2D eigenvalue weighted by atomic mass is 10.2. The molecular formula is C20H21N3O4. The summed E-state index contributed by atoms with van der Waals surface area (Å²) in [5.74, 6) is 0.0608. The van der Waals surface area contributed by atoms with Crippen molar-refractivity contribution in [3.63, 3.8) is 0 Å². The Morgan fingerprint density at radius 1 is 1.15 bits per heavy atom. The summed E-state index contributed by atoms with van der Waals surface area (Å²) in [7, 11) is 1.34. The molecule has 0 fully saturated rings. The van der Waals surface area contributed by atoms with Gasteiger partial charge in [0.1, 0.15) is 23.0 Å². The number of aromatic nitrogens is 2. The molecule has 0 saturated heterocycles. The second-order valence-corrected chi connectivity index (χ2v) is 6.03. The van der Waals surface area contributed by atoms with E-state index in [1.807, 2.05) is 42.5 Å². The smallest absolute Gasteiger partial charge is 0.316 e. The number of methoxy groups -OCH3 is 1. The standard InChI is InChI=1S/C20H21N3O4/c1-13(20(25)26-2)19-22-15-9-6-10-16(18(15)23-19)27-12-11-17(24)21-14-7-4-3-5-8-14/h3-10,13H,11-12H2,1-2H3,(H,21,24)(H,22,23). The number of carbonyl (C=O) groups is 2. The fraction of sp³-hybridized carbons (Fsp3) is 0.250. The van der Waals surface area contributed by atoms with Crippen molar-refractivity contribution >= 4 is 28.6 Å². The molecule has 0 spiro atoms. The third-order valence-corrected chi connectivity index (χ3v) is 4.10. The number of anilines is 1. The number of H-pyrrole nitrogens is 1. The maximum Gasteiger partial charge on any atom is 0.316 e. The van der Waals surface area contributed by atoms with Crippen LogP contribution in [-0.2, 0) is 14.3 Å². The van der Waals surface area contributed by atoms with Crippen LogP contribution < -0.4 is 10.1 Å². The first-order valence-electron chi connectivity index (χ1n) is 8.62. The Kier molecular flexibility index (Phi) is 5.71. The van der Waals surface area contributed by atoms with Gasteiger partial charge >= 0.3 is 5.97 Å². The van der Waals surface area contributed by atoms with E-state index in [4.69, 9.17) is 9.47 Å². The highest BCUT2D eigenvalue weighted by atomic mass is 16.5. The van der Waals surface area contributed by atoms with E-state index in [1.165, 1.54) is 7.11 Å². The summed E-state index contributed by atoms with van der Waals surface area (Å²) in [6.45, 7) is 1.94. The van der Waals surface area contributed by atoms with Crippen LogP contribution in [0, 0.1) is 0 Å². The molecule has 0 aliphatic heterocycles. The highest BCUT2D eigenvalue weighted by molar-refractivity contribution is 5.90. The first-order chi connectivity index (χ1) is 13.1. The minimum Gasteiger partial charge on any atom is -0.491 e. The van der Waals surface area contributed by atoms with Gasteiger partial charge in [-0.15, -0.1) is 0 Å². The summed E-state index contributed by atoms with van der Waals surface area (Å²) in [5, 5.41) is 2.81. The van der Waals surface area contributed by atoms with Crippen molar-refractivity contribution in [2.45, 2.75) is 19.3 Å². The largest absolute Gasteiger partial charge is 0.491 e. The van der Waals surface area contributed by atoms with Crippen LogP contribution >= 0.6 is 0 Å². The Balaban J connectivity index is 1.64. The van der Waals surface area contributed by atoms with Gasteiger partial charge in [-0.1, -0.05) is 24.3 Å². The lowest BCUT2D eigenvalue weighted by Crippen LogP contribution is -2.15. The van der Waals surface area contributed by atoms with E-state index in [9.17, 15) is 9.59 Å². The average Bonchev–Trinajstić information content (AvgIpc) is 3.12. The second-order valence-electron chi connectivity index (χ2n) is 6.03. The van der Waals surface area contributed by atoms with E-state index in [0.29, 0.717) is 17.1 Å². The van der Waals surface area contributed by atoms with Gasteiger partial charge in [-0.2, -0.15) is 0 Å². The van der Waals surface area contributed by atoms with Crippen LogP contribution in [-0.4, -0.2) is 35.6 Å². The van der Waals surface area contributed by atoms with Gasteiger partial charge in [-0.3, -0.25) is 9.59 Å². The van der Waals surface area contributed by atoms with Gasteiger partial charge in [0.15, 0.2) is 0 Å². The Hall–Kier alpha value is -3.35. The molecule has 1 amide bonds. The van der Waals surface area contributed by atoms with E-state index in [0.717, 1.165) is 11.2 Å². The number of ether oxygens (including phenoxy) is 2. The Labute approximate surface area is 156 Å². The monoisotopic (exact) mass is 367 g/mol. The molecule has 1 aromatic heterocycles. The Morgan fingerprint density at radius 3 is 2.67 bits per heavy atom. The minimum atomic E-state index is -0.507. The number of fused-ring (bicyclic) bond motifs is 1. The quantitative estimate of drug-likeness (QED) is 0.625. The summed E-state index contributed by atoms with van der Waals surface area (Å²) in [6, 6.07) is 14.7. The van der Waals surface area contributed by atoms with Gasteiger partial charge in [-0.05, 0) is 31.2 Å². The Morgan fingerprint density at radius 2 is 1.93 bits per heavy atom. The van der Waals surface area contributed by atoms with E-state index >= 15 is 0 Å². The molecule has 2 N–H and O–H groups in total. The number of hydrogen-bond donors (Lipinski definition) is 2. The molecule has 0 radical (unpaired) electrons. The third-order valence-electron chi connectivity index (χ3n) is 4.10. The lowest BCUT2D eigenvalue weighted by molar-refractivity contribution is -0.142. The normalized spacial score (nSPS) is 11.8. The number of rotatable bonds is 7. The van der Waals surface area contributed by atoms with Gasteiger partial charge in [-0.25, -0.2) is 4.98 Å². The van der Waals surface area contributed by atoms with Crippen molar-refractivity contribution in [2.24, 2.45) is 0 Å². The molecule has 3 rings (SSSR count). The number of aromatic amines is 1. The first kappa shape index (κ1) is 18.4. The highest BCUT2D eigenvalue weighted by Gasteiger charge is 2.20. The molecule has 1 heterocycles. The molecule has 0 aliphatic carbocycles. The second kappa shape index (κ2) is 8.35. The molecule has 0 saturated carbocycles.